The van der Waals surface area contributed by atoms with E-state index in [-0.39, 0.29) is 11.4 Å². The summed E-state index contributed by atoms with van der Waals surface area (Å²) < 4.78 is 39.8. The van der Waals surface area contributed by atoms with Crippen molar-refractivity contribution in [3.05, 3.63) is 33.8 Å². The predicted molar refractivity (Wildman–Crippen MR) is 63.0 cm³/mol. The highest BCUT2D eigenvalue weighted by Crippen LogP contribution is 2.26. The lowest BCUT2D eigenvalue weighted by Crippen LogP contribution is -2.24. The Morgan fingerprint density at radius 2 is 1.94 bits per heavy atom. The number of halogens is 5. The normalized spacial score (nSPS) is 13.7. The van der Waals surface area contributed by atoms with E-state index in [2.05, 4.69) is 4.74 Å². The van der Waals surface area contributed by atoms with Gasteiger partial charge in [-0.1, -0.05) is 35.3 Å². The maximum atomic E-state index is 11.8. The summed E-state index contributed by atoms with van der Waals surface area (Å²) in [5.41, 5.74) is 0.562. The first kappa shape index (κ1) is 15.6. The fraction of sp³-hybridized carbons (Fsp3) is 0.455. The highest BCUT2D eigenvalue weighted by atomic mass is 35.5. The molecule has 0 aliphatic heterocycles. The number of hydrogen-bond donors (Lipinski definition) is 1. The molecule has 0 heterocycles. The second-order valence-corrected chi connectivity index (χ2v) is 4.49. The number of aliphatic hydroxyl groups excluding tert-OH is 1. The van der Waals surface area contributed by atoms with Gasteiger partial charge in [0.15, 0.2) is 0 Å². The molecule has 1 aromatic carbocycles. The average molecular weight is 303 g/mol. The maximum Gasteiger partial charge on any atom is 0.411 e. The zero-order chi connectivity index (χ0) is 13.8. The van der Waals surface area contributed by atoms with E-state index in [0.717, 1.165) is 0 Å². The quantitative estimate of drug-likeness (QED) is 0.902. The maximum absolute atomic E-state index is 11.8. The molecule has 0 spiro atoms. The molecule has 1 atom stereocenters. The lowest BCUT2D eigenvalue weighted by molar-refractivity contribution is -0.179. The molecule has 0 aliphatic rings. The van der Waals surface area contributed by atoms with Gasteiger partial charge in [-0.2, -0.15) is 13.2 Å². The first-order valence-electron chi connectivity index (χ1n) is 5.05. The Hall–Kier alpha value is -0.490. The Labute approximate surface area is 112 Å². The minimum absolute atomic E-state index is 0.0806. The monoisotopic (exact) mass is 302 g/mol. The number of benzene rings is 1. The molecule has 2 nitrogen and oxygen atoms in total. The SMILES string of the molecule is OC(COCC(F)(F)F)Cc1cccc(Cl)c1Cl. The van der Waals surface area contributed by atoms with Crippen molar-refractivity contribution in [2.24, 2.45) is 0 Å². The van der Waals surface area contributed by atoms with E-state index in [1.165, 1.54) is 0 Å². The highest BCUT2D eigenvalue weighted by molar-refractivity contribution is 6.42. The van der Waals surface area contributed by atoms with Crippen LogP contribution in [0.5, 0.6) is 0 Å². The molecular weight excluding hydrogens is 292 g/mol. The molecule has 0 saturated heterocycles. The van der Waals surface area contributed by atoms with Gasteiger partial charge < -0.3 is 9.84 Å². The standard InChI is InChI=1S/C11H11Cl2F3O2/c12-9-3-1-2-7(10(9)13)4-8(17)5-18-6-11(14,15)16/h1-3,8,17H,4-6H2. The van der Waals surface area contributed by atoms with Crippen molar-refractivity contribution in [2.45, 2.75) is 18.7 Å². The summed E-state index contributed by atoms with van der Waals surface area (Å²) in [5.74, 6) is 0. The minimum Gasteiger partial charge on any atom is -0.390 e. The van der Waals surface area contributed by atoms with Crippen LogP contribution in [0, 0.1) is 0 Å². The van der Waals surface area contributed by atoms with Crippen LogP contribution < -0.4 is 0 Å². The van der Waals surface area contributed by atoms with Gasteiger partial charge in [0.05, 0.1) is 22.8 Å². The van der Waals surface area contributed by atoms with E-state index in [9.17, 15) is 18.3 Å². The van der Waals surface area contributed by atoms with Gasteiger partial charge in [0.25, 0.3) is 0 Å². The van der Waals surface area contributed by atoms with Gasteiger partial charge in [-0.3, -0.25) is 0 Å². The summed E-state index contributed by atoms with van der Waals surface area (Å²) in [6.07, 6.45) is -5.38. The van der Waals surface area contributed by atoms with Crippen LogP contribution in [0.2, 0.25) is 10.0 Å². The Morgan fingerprint density at radius 3 is 2.56 bits per heavy atom. The summed E-state index contributed by atoms with van der Waals surface area (Å²) in [4.78, 5) is 0. The molecule has 7 heteroatoms. The topological polar surface area (TPSA) is 29.5 Å². The molecule has 18 heavy (non-hydrogen) atoms. The van der Waals surface area contributed by atoms with Gasteiger partial charge in [0, 0.05) is 6.42 Å². The molecule has 0 aliphatic carbocycles. The summed E-state index contributed by atoms with van der Waals surface area (Å²) in [6.45, 7) is -1.80. The van der Waals surface area contributed by atoms with Crippen molar-refractivity contribution in [2.75, 3.05) is 13.2 Å². The number of ether oxygens (including phenoxy) is 1. The Kier molecular flexibility index (Phi) is 5.72. The zero-order valence-corrected chi connectivity index (χ0v) is 10.7. The van der Waals surface area contributed by atoms with E-state index < -0.39 is 25.5 Å². The summed E-state index contributed by atoms with van der Waals surface area (Å²) >= 11 is 11.6. The largest absolute Gasteiger partial charge is 0.411 e. The number of aliphatic hydroxyl groups is 1. The van der Waals surface area contributed by atoms with Gasteiger partial charge in [-0.15, -0.1) is 0 Å². The van der Waals surface area contributed by atoms with Crippen LogP contribution in [-0.2, 0) is 11.2 Å². The number of alkyl halides is 3. The first-order chi connectivity index (χ1) is 8.29. The zero-order valence-electron chi connectivity index (χ0n) is 9.18. The molecule has 1 N–H and O–H groups in total. The second kappa shape index (κ2) is 6.61. The first-order valence-corrected chi connectivity index (χ1v) is 5.80. The molecule has 102 valence electrons. The van der Waals surface area contributed by atoms with E-state index >= 15 is 0 Å². The van der Waals surface area contributed by atoms with Crippen LogP contribution in [0.3, 0.4) is 0 Å². The fourth-order valence-corrected chi connectivity index (χ4v) is 1.73. The molecule has 0 amide bonds. The fourth-order valence-electron chi connectivity index (χ4n) is 1.33. The van der Waals surface area contributed by atoms with Crippen molar-refractivity contribution in [3.8, 4) is 0 Å². The third-order valence-corrected chi connectivity index (χ3v) is 2.92. The van der Waals surface area contributed by atoms with Crippen LogP contribution in [0.4, 0.5) is 13.2 Å². The average Bonchev–Trinajstić information content (AvgIpc) is 2.23. The smallest absolute Gasteiger partial charge is 0.390 e. The Morgan fingerprint density at radius 1 is 1.28 bits per heavy atom. The van der Waals surface area contributed by atoms with Gasteiger partial charge in [-0.25, -0.2) is 0 Å². The predicted octanol–water partition coefficient (Wildman–Crippen LogP) is 3.48. The van der Waals surface area contributed by atoms with Crippen LogP contribution in [0.25, 0.3) is 0 Å². The Bertz CT molecular complexity index is 396. The van der Waals surface area contributed by atoms with Gasteiger partial charge in [-0.05, 0) is 11.6 Å². The summed E-state index contributed by atoms with van der Waals surface area (Å²) in [6, 6.07) is 4.87. The minimum atomic E-state index is -4.40. The number of rotatable bonds is 5. The van der Waals surface area contributed by atoms with E-state index in [1.807, 2.05) is 0 Å². The molecule has 0 bridgehead atoms. The van der Waals surface area contributed by atoms with Gasteiger partial charge in [0.1, 0.15) is 6.61 Å². The van der Waals surface area contributed by atoms with Crippen molar-refractivity contribution < 1.29 is 23.0 Å². The second-order valence-electron chi connectivity index (χ2n) is 3.70. The van der Waals surface area contributed by atoms with Crippen LogP contribution in [0.1, 0.15) is 5.56 Å². The van der Waals surface area contributed by atoms with Crippen LogP contribution >= 0.6 is 23.2 Å². The summed E-state index contributed by atoms with van der Waals surface area (Å²) in [5, 5.41) is 10.1. The molecule has 1 rings (SSSR count). The van der Waals surface area contributed by atoms with Crippen LogP contribution in [0.15, 0.2) is 18.2 Å². The lowest BCUT2D eigenvalue weighted by atomic mass is 10.1. The van der Waals surface area contributed by atoms with Crippen molar-refractivity contribution in [3.63, 3.8) is 0 Å². The van der Waals surface area contributed by atoms with Crippen LogP contribution in [-0.4, -0.2) is 30.6 Å². The molecule has 0 aromatic heterocycles. The molecule has 1 aromatic rings. The lowest BCUT2D eigenvalue weighted by Gasteiger charge is -2.13. The molecule has 0 saturated carbocycles. The molecule has 0 fully saturated rings. The number of hydrogen-bond acceptors (Lipinski definition) is 2. The molecule has 1 unspecified atom stereocenters. The van der Waals surface area contributed by atoms with E-state index in [0.29, 0.717) is 10.6 Å². The van der Waals surface area contributed by atoms with Crippen molar-refractivity contribution in [1.29, 1.82) is 0 Å². The van der Waals surface area contributed by atoms with Crippen molar-refractivity contribution >= 4 is 23.2 Å². The molecule has 0 radical (unpaired) electrons. The molecular formula is C11H11Cl2F3O2. The summed E-state index contributed by atoms with van der Waals surface area (Å²) in [7, 11) is 0. The highest BCUT2D eigenvalue weighted by Gasteiger charge is 2.27. The van der Waals surface area contributed by atoms with Crippen molar-refractivity contribution in [1.82, 2.24) is 0 Å². The van der Waals surface area contributed by atoms with E-state index in [4.69, 9.17) is 23.2 Å². The van der Waals surface area contributed by atoms with Gasteiger partial charge in [0.2, 0.25) is 0 Å². The Balaban J connectivity index is 2.45. The van der Waals surface area contributed by atoms with Gasteiger partial charge >= 0.3 is 6.18 Å². The third-order valence-electron chi connectivity index (χ3n) is 2.06. The third kappa shape index (κ3) is 5.44. The van der Waals surface area contributed by atoms with E-state index in [1.54, 1.807) is 18.2 Å².